The van der Waals surface area contributed by atoms with E-state index in [0.29, 0.717) is 0 Å². The largest absolute Gasteiger partial charge is 0.395 e. The van der Waals surface area contributed by atoms with Crippen molar-refractivity contribution in [3.8, 4) is 0 Å². The molecule has 3 nitrogen and oxygen atoms in total. The molecule has 0 aromatic rings. The minimum absolute atomic E-state index is 0.243. The summed E-state index contributed by atoms with van der Waals surface area (Å²) in [5.41, 5.74) is 0. The van der Waals surface area contributed by atoms with Crippen molar-refractivity contribution < 1.29 is 5.11 Å². The van der Waals surface area contributed by atoms with E-state index in [2.05, 4.69) is 10.6 Å². The zero-order valence-electron chi connectivity index (χ0n) is 5.56. The van der Waals surface area contributed by atoms with Crippen LogP contribution >= 0.6 is 0 Å². The fourth-order valence-corrected chi connectivity index (χ4v) is 0.997. The summed E-state index contributed by atoms with van der Waals surface area (Å²) >= 11 is 0. The number of hydrogen-bond donors (Lipinski definition) is 3. The third-order valence-corrected chi connectivity index (χ3v) is 1.57. The molecule has 1 unspecified atom stereocenters. The van der Waals surface area contributed by atoms with Gasteiger partial charge in [-0.15, -0.1) is 0 Å². The van der Waals surface area contributed by atoms with Gasteiger partial charge in [0.2, 0.25) is 0 Å². The second kappa shape index (κ2) is 3.82. The summed E-state index contributed by atoms with van der Waals surface area (Å²) < 4.78 is 0. The first-order valence-corrected chi connectivity index (χ1v) is 3.48. The first-order valence-electron chi connectivity index (χ1n) is 3.48. The zero-order chi connectivity index (χ0) is 6.53. The SMILES string of the molecule is OCC1CNCCCN1. The van der Waals surface area contributed by atoms with E-state index in [1.807, 2.05) is 0 Å². The van der Waals surface area contributed by atoms with Crippen LogP contribution in [0.25, 0.3) is 0 Å². The number of aliphatic hydroxyl groups excluding tert-OH is 1. The molecule has 0 spiro atoms. The molecule has 3 N–H and O–H groups in total. The summed E-state index contributed by atoms with van der Waals surface area (Å²) in [6, 6.07) is 0.271. The van der Waals surface area contributed by atoms with E-state index in [4.69, 9.17) is 5.11 Å². The second-order valence-corrected chi connectivity index (χ2v) is 2.39. The Morgan fingerprint density at radius 3 is 3.11 bits per heavy atom. The fourth-order valence-electron chi connectivity index (χ4n) is 0.997. The Kier molecular flexibility index (Phi) is 2.97. The Labute approximate surface area is 55.5 Å². The molecule has 54 valence electrons. The summed E-state index contributed by atoms with van der Waals surface area (Å²) in [6.45, 7) is 3.24. The van der Waals surface area contributed by atoms with Crippen molar-refractivity contribution in [3.05, 3.63) is 0 Å². The molecule has 1 saturated heterocycles. The van der Waals surface area contributed by atoms with E-state index in [-0.39, 0.29) is 12.6 Å². The topological polar surface area (TPSA) is 44.3 Å². The van der Waals surface area contributed by atoms with Crippen LogP contribution in [0.2, 0.25) is 0 Å². The minimum atomic E-state index is 0.243. The summed E-state index contributed by atoms with van der Waals surface area (Å²) in [6.07, 6.45) is 1.16. The molecule has 0 bridgehead atoms. The monoisotopic (exact) mass is 130 g/mol. The first-order chi connectivity index (χ1) is 4.43. The van der Waals surface area contributed by atoms with Crippen molar-refractivity contribution in [2.24, 2.45) is 0 Å². The lowest BCUT2D eigenvalue weighted by Crippen LogP contribution is -2.38. The number of hydrogen-bond acceptors (Lipinski definition) is 3. The molecule has 0 aromatic carbocycles. The van der Waals surface area contributed by atoms with Crippen LogP contribution in [0, 0.1) is 0 Å². The molecule has 0 radical (unpaired) electrons. The van der Waals surface area contributed by atoms with Crippen molar-refractivity contribution in [1.29, 1.82) is 0 Å². The summed E-state index contributed by atoms with van der Waals surface area (Å²) in [4.78, 5) is 0. The molecule has 0 saturated carbocycles. The van der Waals surface area contributed by atoms with Crippen molar-refractivity contribution in [2.75, 3.05) is 26.2 Å². The molecule has 1 aliphatic heterocycles. The lowest BCUT2D eigenvalue weighted by Gasteiger charge is -2.10. The van der Waals surface area contributed by atoms with E-state index in [0.717, 1.165) is 26.1 Å². The van der Waals surface area contributed by atoms with Crippen LogP contribution in [0.4, 0.5) is 0 Å². The van der Waals surface area contributed by atoms with E-state index < -0.39 is 0 Å². The predicted octanol–water partition coefficient (Wildman–Crippen LogP) is -1.07. The first kappa shape index (κ1) is 6.99. The zero-order valence-corrected chi connectivity index (χ0v) is 5.56. The summed E-state index contributed by atoms with van der Waals surface area (Å²) in [5, 5.41) is 15.2. The summed E-state index contributed by atoms with van der Waals surface area (Å²) in [7, 11) is 0. The van der Waals surface area contributed by atoms with Crippen LogP contribution in [0.1, 0.15) is 6.42 Å². The van der Waals surface area contributed by atoms with Gasteiger partial charge in [-0.1, -0.05) is 0 Å². The lowest BCUT2D eigenvalue weighted by molar-refractivity contribution is 0.245. The third kappa shape index (κ3) is 2.30. The van der Waals surface area contributed by atoms with Crippen LogP contribution < -0.4 is 10.6 Å². The van der Waals surface area contributed by atoms with Gasteiger partial charge in [0.1, 0.15) is 0 Å². The van der Waals surface area contributed by atoms with Gasteiger partial charge in [0.25, 0.3) is 0 Å². The molecule has 1 heterocycles. The highest BCUT2D eigenvalue weighted by molar-refractivity contribution is 4.71. The normalized spacial score (nSPS) is 29.7. The van der Waals surface area contributed by atoms with Crippen LogP contribution in [0.15, 0.2) is 0 Å². The van der Waals surface area contributed by atoms with Crippen molar-refractivity contribution in [3.63, 3.8) is 0 Å². The molecule has 0 amide bonds. The number of rotatable bonds is 1. The Morgan fingerprint density at radius 2 is 2.33 bits per heavy atom. The van der Waals surface area contributed by atoms with Gasteiger partial charge in [-0.2, -0.15) is 0 Å². The van der Waals surface area contributed by atoms with Gasteiger partial charge in [0.05, 0.1) is 6.61 Å². The molecule has 1 fully saturated rings. The van der Waals surface area contributed by atoms with E-state index in [1.54, 1.807) is 0 Å². The third-order valence-electron chi connectivity index (χ3n) is 1.57. The quantitative estimate of drug-likeness (QED) is 0.423. The van der Waals surface area contributed by atoms with E-state index in [1.165, 1.54) is 0 Å². The fraction of sp³-hybridized carbons (Fsp3) is 1.00. The van der Waals surface area contributed by atoms with Crippen molar-refractivity contribution >= 4 is 0 Å². The van der Waals surface area contributed by atoms with Crippen LogP contribution in [0.3, 0.4) is 0 Å². The van der Waals surface area contributed by atoms with E-state index in [9.17, 15) is 0 Å². The molecule has 3 heteroatoms. The van der Waals surface area contributed by atoms with Crippen LogP contribution in [-0.2, 0) is 0 Å². The minimum Gasteiger partial charge on any atom is -0.395 e. The van der Waals surface area contributed by atoms with Gasteiger partial charge in [-0.05, 0) is 19.5 Å². The molecule has 0 aromatic heterocycles. The maximum absolute atomic E-state index is 8.71. The highest BCUT2D eigenvalue weighted by Crippen LogP contribution is 1.86. The molecule has 1 rings (SSSR count). The number of nitrogens with one attached hydrogen (secondary N) is 2. The van der Waals surface area contributed by atoms with Gasteiger partial charge in [0, 0.05) is 12.6 Å². The second-order valence-electron chi connectivity index (χ2n) is 2.39. The van der Waals surface area contributed by atoms with E-state index >= 15 is 0 Å². The molecular formula is C6H14N2O. The Balaban J connectivity index is 2.18. The van der Waals surface area contributed by atoms with Gasteiger partial charge in [-0.3, -0.25) is 0 Å². The number of aliphatic hydroxyl groups is 1. The molecular weight excluding hydrogens is 116 g/mol. The van der Waals surface area contributed by atoms with Crippen LogP contribution in [0.5, 0.6) is 0 Å². The van der Waals surface area contributed by atoms with Gasteiger partial charge >= 0.3 is 0 Å². The average Bonchev–Trinajstić information content (AvgIpc) is 2.13. The summed E-state index contributed by atoms with van der Waals surface area (Å²) in [5.74, 6) is 0. The lowest BCUT2D eigenvalue weighted by atomic mass is 10.3. The molecule has 1 atom stereocenters. The standard InChI is InChI=1S/C6H14N2O/c9-5-6-4-7-2-1-3-8-6/h6-9H,1-5H2. The Hall–Kier alpha value is -0.120. The predicted molar refractivity (Wildman–Crippen MR) is 36.4 cm³/mol. The maximum atomic E-state index is 8.71. The molecule has 0 aliphatic carbocycles. The average molecular weight is 130 g/mol. The molecule has 1 aliphatic rings. The van der Waals surface area contributed by atoms with Crippen molar-refractivity contribution in [2.45, 2.75) is 12.5 Å². The molecule has 9 heavy (non-hydrogen) atoms. The Morgan fingerprint density at radius 1 is 1.44 bits per heavy atom. The van der Waals surface area contributed by atoms with Crippen LogP contribution in [-0.4, -0.2) is 37.4 Å². The Bertz CT molecular complexity index is 69.5. The maximum Gasteiger partial charge on any atom is 0.0597 e. The van der Waals surface area contributed by atoms with Crippen molar-refractivity contribution in [1.82, 2.24) is 10.6 Å². The smallest absolute Gasteiger partial charge is 0.0597 e. The highest BCUT2D eigenvalue weighted by Gasteiger charge is 2.07. The van der Waals surface area contributed by atoms with Gasteiger partial charge < -0.3 is 15.7 Å². The highest BCUT2D eigenvalue weighted by atomic mass is 16.3. The van der Waals surface area contributed by atoms with Gasteiger partial charge in [-0.25, -0.2) is 0 Å². The van der Waals surface area contributed by atoms with Gasteiger partial charge in [0.15, 0.2) is 0 Å².